The molecule has 0 aliphatic heterocycles. The highest BCUT2D eigenvalue weighted by atomic mass is 32.2. The molecule has 0 aliphatic carbocycles. The highest BCUT2D eigenvalue weighted by molar-refractivity contribution is 7.90. The fourth-order valence-corrected chi connectivity index (χ4v) is 2.92. The number of hydrogen-bond acceptors (Lipinski definition) is 5. The molecular formula is C16H16N2O5S. The third-order valence-corrected chi connectivity index (χ3v) is 4.48. The van der Waals surface area contributed by atoms with Crippen molar-refractivity contribution in [1.82, 2.24) is 4.72 Å². The maximum Gasteiger partial charge on any atom is 0.264 e. The minimum Gasteiger partial charge on any atom is -0.497 e. The SMILES string of the molecule is COc1cccc(C(=O)Nc2ccc(S(=O)(=O)NC(C)=O)cc2)c1. The molecule has 0 saturated carbocycles. The van der Waals surface area contributed by atoms with Gasteiger partial charge in [0.05, 0.1) is 12.0 Å². The van der Waals surface area contributed by atoms with E-state index in [9.17, 15) is 18.0 Å². The van der Waals surface area contributed by atoms with E-state index >= 15 is 0 Å². The lowest BCUT2D eigenvalue weighted by atomic mass is 10.2. The van der Waals surface area contributed by atoms with Crippen molar-refractivity contribution in [3.8, 4) is 5.75 Å². The number of methoxy groups -OCH3 is 1. The average molecular weight is 348 g/mol. The van der Waals surface area contributed by atoms with Gasteiger partial charge in [-0.05, 0) is 42.5 Å². The van der Waals surface area contributed by atoms with Crippen molar-refractivity contribution in [2.45, 2.75) is 11.8 Å². The quantitative estimate of drug-likeness (QED) is 0.857. The smallest absolute Gasteiger partial charge is 0.264 e. The van der Waals surface area contributed by atoms with Crippen LogP contribution in [0.2, 0.25) is 0 Å². The van der Waals surface area contributed by atoms with Crippen molar-refractivity contribution < 1.29 is 22.7 Å². The van der Waals surface area contributed by atoms with Crippen molar-refractivity contribution in [2.75, 3.05) is 12.4 Å². The van der Waals surface area contributed by atoms with Crippen LogP contribution in [0.15, 0.2) is 53.4 Å². The first-order valence-corrected chi connectivity index (χ1v) is 8.39. The summed E-state index contributed by atoms with van der Waals surface area (Å²) in [6, 6.07) is 12.1. The zero-order valence-electron chi connectivity index (χ0n) is 13.1. The summed E-state index contributed by atoms with van der Waals surface area (Å²) in [7, 11) is -2.39. The number of nitrogens with one attached hydrogen (secondary N) is 2. The van der Waals surface area contributed by atoms with Crippen LogP contribution >= 0.6 is 0 Å². The predicted molar refractivity (Wildman–Crippen MR) is 88.4 cm³/mol. The molecule has 2 N–H and O–H groups in total. The summed E-state index contributed by atoms with van der Waals surface area (Å²) in [5, 5.41) is 2.65. The van der Waals surface area contributed by atoms with E-state index in [0.29, 0.717) is 17.0 Å². The monoisotopic (exact) mass is 348 g/mol. The normalized spacial score (nSPS) is 10.8. The van der Waals surface area contributed by atoms with Crippen LogP contribution in [0, 0.1) is 0 Å². The summed E-state index contributed by atoms with van der Waals surface area (Å²) < 4.78 is 30.6. The van der Waals surface area contributed by atoms with Gasteiger partial charge in [-0.25, -0.2) is 13.1 Å². The van der Waals surface area contributed by atoms with Gasteiger partial charge in [0, 0.05) is 18.2 Å². The Kier molecular flexibility index (Phi) is 5.20. The molecule has 0 bridgehead atoms. The number of carbonyl (C=O) groups is 2. The number of rotatable bonds is 5. The van der Waals surface area contributed by atoms with E-state index in [-0.39, 0.29) is 10.8 Å². The lowest BCUT2D eigenvalue weighted by Crippen LogP contribution is -2.28. The van der Waals surface area contributed by atoms with Gasteiger partial charge in [0.1, 0.15) is 5.75 Å². The Bertz CT molecular complexity index is 860. The number of benzene rings is 2. The van der Waals surface area contributed by atoms with E-state index in [1.807, 2.05) is 4.72 Å². The van der Waals surface area contributed by atoms with Crippen LogP contribution < -0.4 is 14.8 Å². The molecular weight excluding hydrogens is 332 g/mol. The molecule has 2 amide bonds. The Balaban J connectivity index is 2.14. The lowest BCUT2D eigenvalue weighted by Gasteiger charge is -2.08. The van der Waals surface area contributed by atoms with E-state index < -0.39 is 15.9 Å². The van der Waals surface area contributed by atoms with Crippen LogP contribution in [0.5, 0.6) is 5.75 Å². The van der Waals surface area contributed by atoms with Crippen molar-refractivity contribution in [3.63, 3.8) is 0 Å². The Morgan fingerprint density at radius 2 is 1.71 bits per heavy atom. The van der Waals surface area contributed by atoms with Gasteiger partial charge in [0.15, 0.2) is 0 Å². The van der Waals surface area contributed by atoms with Crippen LogP contribution in [0.4, 0.5) is 5.69 Å². The van der Waals surface area contributed by atoms with Gasteiger partial charge in [0.2, 0.25) is 5.91 Å². The molecule has 8 heteroatoms. The highest BCUT2D eigenvalue weighted by Gasteiger charge is 2.15. The third-order valence-electron chi connectivity index (χ3n) is 3.03. The predicted octanol–water partition coefficient (Wildman–Crippen LogP) is 1.77. The molecule has 24 heavy (non-hydrogen) atoms. The summed E-state index contributed by atoms with van der Waals surface area (Å²) in [5.74, 6) is -0.476. The maximum atomic E-state index is 12.2. The van der Waals surface area contributed by atoms with Crippen LogP contribution in [-0.4, -0.2) is 27.3 Å². The Morgan fingerprint density at radius 3 is 2.29 bits per heavy atom. The second kappa shape index (κ2) is 7.14. The Morgan fingerprint density at radius 1 is 1.04 bits per heavy atom. The first-order chi connectivity index (χ1) is 11.3. The van der Waals surface area contributed by atoms with Gasteiger partial charge in [-0.2, -0.15) is 0 Å². The van der Waals surface area contributed by atoms with Gasteiger partial charge < -0.3 is 10.1 Å². The minimum absolute atomic E-state index is 0.0721. The fraction of sp³-hybridized carbons (Fsp3) is 0.125. The van der Waals surface area contributed by atoms with Crippen molar-refractivity contribution >= 4 is 27.5 Å². The summed E-state index contributed by atoms with van der Waals surface area (Å²) in [4.78, 5) is 23.0. The Labute approximate surface area is 139 Å². The van der Waals surface area contributed by atoms with Gasteiger partial charge in [-0.15, -0.1) is 0 Å². The number of carbonyl (C=O) groups excluding carboxylic acids is 2. The molecule has 0 spiro atoms. The van der Waals surface area contributed by atoms with Crippen molar-refractivity contribution in [2.24, 2.45) is 0 Å². The summed E-state index contributed by atoms with van der Waals surface area (Å²) >= 11 is 0. The first-order valence-electron chi connectivity index (χ1n) is 6.90. The largest absolute Gasteiger partial charge is 0.497 e. The molecule has 0 radical (unpaired) electrons. The van der Waals surface area contributed by atoms with E-state index in [0.717, 1.165) is 6.92 Å². The second-order valence-corrected chi connectivity index (χ2v) is 6.55. The molecule has 0 aliphatic rings. The highest BCUT2D eigenvalue weighted by Crippen LogP contribution is 2.17. The molecule has 0 heterocycles. The number of sulfonamides is 1. The maximum absolute atomic E-state index is 12.2. The first kappa shape index (κ1) is 17.5. The van der Waals surface area contributed by atoms with Crippen molar-refractivity contribution in [3.05, 3.63) is 54.1 Å². The molecule has 0 saturated heterocycles. The van der Waals surface area contributed by atoms with Gasteiger partial charge in [0.25, 0.3) is 15.9 Å². The molecule has 2 aromatic rings. The van der Waals surface area contributed by atoms with Crippen molar-refractivity contribution in [1.29, 1.82) is 0 Å². The molecule has 0 atom stereocenters. The molecule has 0 unspecified atom stereocenters. The zero-order valence-corrected chi connectivity index (χ0v) is 13.9. The molecule has 7 nitrogen and oxygen atoms in total. The topological polar surface area (TPSA) is 102 Å². The van der Waals surface area contributed by atoms with E-state index in [2.05, 4.69) is 5.32 Å². The average Bonchev–Trinajstić information content (AvgIpc) is 2.54. The van der Waals surface area contributed by atoms with Gasteiger partial charge in [-0.3, -0.25) is 9.59 Å². The lowest BCUT2D eigenvalue weighted by molar-refractivity contribution is -0.117. The summed E-state index contributed by atoms with van der Waals surface area (Å²) in [6.07, 6.45) is 0. The minimum atomic E-state index is -3.89. The molecule has 2 aromatic carbocycles. The van der Waals surface area contributed by atoms with E-state index in [1.165, 1.54) is 31.4 Å². The van der Waals surface area contributed by atoms with Crippen LogP contribution in [0.3, 0.4) is 0 Å². The number of anilines is 1. The fourth-order valence-electron chi connectivity index (χ4n) is 1.93. The molecule has 126 valence electrons. The number of ether oxygens (including phenoxy) is 1. The third kappa shape index (κ3) is 4.32. The standard InChI is InChI=1S/C16H16N2O5S/c1-11(19)18-24(21,22)15-8-6-13(7-9-15)17-16(20)12-4-3-5-14(10-12)23-2/h3-10H,1-2H3,(H,17,20)(H,18,19). The van der Waals surface area contributed by atoms with Crippen LogP contribution in [-0.2, 0) is 14.8 Å². The van der Waals surface area contributed by atoms with Gasteiger partial charge in [-0.1, -0.05) is 6.07 Å². The summed E-state index contributed by atoms with van der Waals surface area (Å²) in [5.41, 5.74) is 0.828. The zero-order chi connectivity index (χ0) is 17.7. The number of amides is 2. The Hall–Kier alpha value is -2.87. The van der Waals surface area contributed by atoms with E-state index in [1.54, 1.807) is 24.3 Å². The molecule has 0 fully saturated rings. The van der Waals surface area contributed by atoms with E-state index in [4.69, 9.17) is 4.74 Å². The number of hydrogen-bond donors (Lipinski definition) is 2. The molecule has 0 aromatic heterocycles. The summed E-state index contributed by atoms with van der Waals surface area (Å²) in [6.45, 7) is 1.11. The van der Waals surface area contributed by atoms with Crippen LogP contribution in [0.1, 0.15) is 17.3 Å². The molecule has 2 rings (SSSR count). The van der Waals surface area contributed by atoms with Crippen LogP contribution in [0.25, 0.3) is 0 Å². The second-order valence-electron chi connectivity index (χ2n) is 4.87. The van der Waals surface area contributed by atoms with Gasteiger partial charge >= 0.3 is 0 Å².